The number of nitrogens with one attached hydrogen (secondary N) is 2. The fraction of sp³-hybridized carbons (Fsp3) is 0.296. The lowest BCUT2D eigenvalue weighted by atomic mass is 10.2. The van der Waals surface area contributed by atoms with E-state index in [-0.39, 0.29) is 0 Å². The Kier molecular flexibility index (Phi) is 8.09. The fourth-order valence-corrected chi connectivity index (χ4v) is 4.36. The molecule has 4 aromatic rings. The minimum atomic E-state index is 0.536. The van der Waals surface area contributed by atoms with Gasteiger partial charge in [0.05, 0.1) is 18.8 Å². The molecule has 0 aliphatic carbocycles. The lowest BCUT2D eigenvalue weighted by molar-refractivity contribution is 0.322. The van der Waals surface area contributed by atoms with E-state index in [4.69, 9.17) is 9.72 Å². The SMILES string of the molecule is Cc1nc(-c2ccc(OCCc3ccccc3)cc2)sc1CNc1ccnc(NCC(C)C)n1. The normalized spacial score (nSPS) is 10.9. The van der Waals surface area contributed by atoms with E-state index in [1.165, 1.54) is 10.4 Å². The molecule has 0 fully saturated rings. The van der Waals surface area contributed by atoms with Crippen molar-refractivity contribution in [3.63, 3.8) is 0 Å². The van der Waals surface area contributed by atoms with Crippen LogP contribution in [-0.2, 0) is 13.0 Å². The monoisotopic (exact) mass is 473 g/mol. The summed E-state index contributed by atoms with van der Waals surface area (Å²) in [5.41, 5.74) is 3.41. The van der Waals surface area contributed by atoms with Gasteiger partial charge >= 0.3 is 0 Å². The molecule has 0 unspecified atom stereocenters. The van der Waals surface area contributed by atoms with Crippen LogP contribution >= 0.6 is 11.3 Å². The average molecular weight is 474 g/mol. The second kappa shape index (κ2) is 11.6. The Labute approximate surface area is 205 Å². The molecule has 0 saturated heterocycles. The summed E-state index contributed by atoms with van der Waals surface area (Å²) in [6.45, 7) is 8.54. The number of benzene rings is 2. The predicted molar refractivity (Wildman–Crippen MR) is 141 cm³/mol. The van der Waals surface area contributed by atoms with Crippen molar-refractivity contribution in [3.05, 3.63) is 83.0 Å². The van der Waals surface area contributed by atoms with Crippen LogP contribution in [0.15, 0.2) is 66.9 Å². The van der Waals surface area contributed by atoms with E-state index in [0.29, 0.717) is 25.0 Å². The Balaban J connectivity index is 1.32. The summed E-state index contributed by atoms with van der Waals surface area (Å²) in [4.78, 5) is 14.8. The van der Waals surface area contributed by atoms with E-state index < -0.39 is 0 Å². The Hall–Kier alpha value is -3.45. The molecule has 4 rings (SSSR count). The van der Waals surface area contributed by atoms with E-state index in [1.54, 1.807) is 17.5 Å². The highest BCUT2D eigenvalue weighted by Crippen LogP contribution is 2.29. The van der Waals surface area contributed by atoms with Crippen LogP contribution in [0.3, 0.4) is 0 Å². The largest absolute Gasteiger partial charge is 0.493 e. The van der Waals surface area contributed by atoms with Crippen LogP contribution in [0.1, 0.15) is 30.0 Å². The Morgan fingerprint density at radius 3 is 2.50 bits per heavy atom. The summed E-state index contributed by atoms with van der Waals surface area (Å²) in [6, 6.07) is 20.4. The number of anilines is 2. The Bertz CT molecular complexity index is 1180. The molecule has 0 atom stereocenters. The van der Waals surface area contributed by atoms with Crippen molar-refractivity contribution in [2.24, 2.45) is 5.92 Å². The van der Waals surface area contributed by atoms with Gasteiger partial charge in [-0.3, -0.25) is 0 Å². The molecule has 0 bridgehead atoms. The second-order valence-corrected chi connectivity index (χ2v) is 9.61. The zero-order valence-corrected chi connectivity index (χ0v) is 20.7. The van der Waals surface area contributed by atoms with Crippen molar-refractivity contribution in [3.8, 4) is 16.3 Å². The maximum atomic E-state index is 5.91. The first-order valence-electron chi connectivity index (χ1n) is 11.6. The minimum Gasteiger partial charge on any atom is -0.493 e. The third-order valence-electron chi connectivity index (χ3n) is 5.25. The van der Waals surface area contributed by atoms with E-state index in [2.05, 4.69) is 70.8 Å². The molecule has 0 saturated carbocycles. The Morgan fingerprint density at radius 1 is 0.941 bits per heavy atom. The van der Waals surface area contributed by atoms with Crippen LogP contribution in [0.2, 0.25) is 0 Å². The number of hydrogen-bond acceptors (Lipinski definition) is 7. The van der Waals surface area contributed by atoms with Gasteiger partial charge in [0.2, 0.25) is 5.95 Å². The first-order chi connectivity index (χ1) is 16.6. The number of thiazole rings is 1. The molecule has 0 aliphatic rings. The van der Waals surface area contributed by atoms with Gasteiger partial charge in [-0.2, -0.15) is 4.98 Å². The van der Waals surface area contributed by atoms with Gasteiger partial charge in [0.15, 0.2) is 0 Å². The van der Waals surface area contributed by atoms with Crippen molar-refractivity contribution in [1.29, 1.82) is 0 Å². The molecule has 7 heteroatoms. The standard InChI is InChI=1S/C27H31N5OS/c1-19(2)17-30-27-28-15-13-25(32-27)29-18-24-20(3)31-26(34-24)22-9-11-23(12-10-22)33-16-14-21-7-5-4-6-8-21/h4-13,15,19H,14,16-18H2,1-3H3,(H2,28,29,30,32). The fourth-order valence-electron chi connectivity index (χ4n) is 3.35. The van der Waals surface area contributed by atoms with Crippen LogP contribution < -0.4 is 15.4 Å². The molecule has 0 amide bonds. The maximum absolute atomic E-state index is 5.91. The first-order valence-corrected chi connectivity index (χ1v) is 12.4. The van der Waals surface area contributed by atoms with Gasteiger partial charge in [-0.05, 0) is 48.7 Å². The third-order valence-corrected chi connectivity index (χ3v) is 6.46. The van der Waals surface area contributed by atoms with Crippen LogP contribution in [-0.4, -0.2) is 28.1 Å². The highest BCUT2D eigenvalue weighted by molar-refractivity contribution is 7.15. The number of aromatic nitrogens is 3. The second-order valence-electron chi connectivity index (χ2n) is 8.53. The number of ether oxygens (including phenoxy) is 1. The molecule has 0 aliphatic heterocycles. The molecule has 0 spiro atoms. The van der Waals surface area contributed by atoms with Gasteiger partial charge in [-0.15, -0.1) is 11.3 Å². The Morgan fingerprint density at radius 2 is 1.74 bits per heavy atom. The smallest absolute Gasteiger partial charge is 0.224 e. The zero-order chi connectivity index (χ0) is 23.8. The van der Waals surface area contributed by atoms with E-state index in [0.717, 1.165) is 40.8 Å². The van der Waals surface area contributed by atoms with E-state index in [9.17, 15) is 0 Å². The third kappa shape index (κ3) is 6.78. The highest BCUT2D eigenvalue weighted by atomic mass is 32.1. The van der Waals surface area contributed by atoms with Crippen molar-refractivity contribution in [2.75, 3.05) is 23.8 Å². The summed E-state index contributed by atoms with van der Waals surface area (Å²) in [5, 5.41) is 7.67. The molecule has 2 aromatic carbocycles. The van der Waals surface area contributed by atoms with Crippen molar-refractivity contribution >= 4 is 23.1 Å². The number of aryl methyl sites for hydroxylation is 1. The maximum Gasteiger partial charge on any atom is 0.224 e. The first kappa shape index (κ1) is 23.7. The molecule has 6 nitrogen and oxygen atoms in total. The average Bonchev–Trinajstić information content (AvgIpc) is 3.23. The molecule has 0 radical (unpaired) electrons. The number of hydrogen-bond donors (Lipinski definition) is 2. The quantitative estimate of drug-likeness (QED) is 0.270. The number of rotatable bonds is 11. The minimum absolute atomic E-state index is 0.536. The van der Waals surface area contributed by atoms with Gasteiger partial charge in [-0.1, -0.05) is 44.2 Å². The molecule has 2 heterocycles. The molecule has 2 N–H and O–H groups in total. The van der Waals surface area contributed by atoms with Crippen molar-refractivity contribution in [1.82, 2.24) is 15.0 Å². The molecule has 34 heavy (non-hydrogen) atoms. The van der Waals surface area contributed by atoms with Crippen molar-refractivity contribution in [2.45, 2.75) is 33.7 Å². The summed E-state index contributed by atoms with van der Waals surface area (Å²) in [5.74, 6) is 2.85. The molecule has 176 valence electrons. The van der Waals surface area contributed by atoms with E-state index >= 15 is 0 Å². The predicted octanol–water partition coefficient (Wildman–Crippen LogP) is 6.21. The molecular weight excluding hydrogens is 442 g/mol. The summed E-state index contributed by atoms with van der Waals surface area (Å²) in [7, 11) is 0. The van der Waals surface area contributed by atoms with Crippen molar-refractivity contribution < 1.29 is 4.74 Å². The highest BCUT2D eigenvalue weighted by Gasteiger charge is 2.10. The molecular formula is C27H31N5OS. The van der Waals surface area contributed by atoms with Gasteiger partial charge in [-0.25, -0.2) is 9.97 Å². The summed E-state index contributed by atoms with van der Waals surface area (Å²) < 4.78 is 5.91. The van der Waals surface area contributed by atoms with Gasteiger partial charge in [0.1, 0.15) is 16.6 Å². The lowest BCUT2D eigenvalue weighted by Crippen LogP contribution is -2.11. The van der Waals surface area contributed by atoms with Gasteiger partial charge < -0.3 is 15.4 Å². The number of nitrogens with zero attached hydrogens (tertiary/aromatic N) is 3. The van der Waals surface area contributed by atoms with Crippen LogP contribution in [0.5, 0.6) is 5.75 Å². The topological polar surface area (TPSA) is 72.0 Å². The van der Waals surface area contributed by atoms with Crippen LogP contribution in [0.25, 0.3) is 10.6 Å². The van der Waals surface area contributed by atoms with Crippen LogP contribution in [0, 0.1) is 12.8 Å². The van der Waals surface area contributed by atoms with E-state index in [1.807, 2.05) is 31.2 Å². The molecule has 2 aromatic heterocycles. The van der Waals surface area contributed by atoms with Gasteiger partial charge in [0, 0.05) is 29.6 Å². The summed E-state index contributed by atoms with van der Waals surface area (Å²) in [6.07, 6.45) is 2.67. The lowest BCUT2D eigenvalue weighted by Gasteiger charge is -2.09. The van der Waals surface area contributed by atoms with Crippen LogP contribution in [0.4, 0.5) is 11.8 Å². The summed E-state index contributed by atoms with van der Waals surface area (Å²) >= 11 is 1.70. The van der Waals surface area contributed by atoms with Gasteiger partial charge in [0.25, 0.3) is 0 Å². The zero-order valence-electron chi connectivity index (χ0n) is 19.9.